The lowest BCUT2D eigenvalue weighted by atomic mass is 10.0. The number of hydrogen-bond acceptors (Lipinski definition) is 0. The molecule has 0 radical (unpaired) electrons. The van der Waals surface area contributed by atoms with Crippen LogP contribution < -0.4 is 0 Å². The molecule has 3 aromatic carbocycles. The van der Waals surface area contributed by atoms with E-state index >= 15 is 0 Å². The molecule has 0 spiro atoms. The number of rotatable bonds is 0. The van der Waals surface area contributed by atoms with Crippen LogP contribution in [0.5, 0.6) is 0 Å². The van der Waals surface area contributed by atoms with Gasteiger partial charge in [0.15, 0.2) is 0 Å². The van der Waals surface area contributed by atoms with E-state index in [1.165, 1.54) is 0 Å². The van der Waals surface area contributed by atoms with Gasteiger partial charge in [0, 0.05) is 21.5 Å². The first-order valence-electron chi connectivity index (χ1n) is 5.23. The fourth-order valence-electron chi connectivity index (χ4n) is 2.07. The Kier molecular flexibility index (Phi) is 2.26. The van der Waals surface area contributed by atoms with Crippen molar-refractivity contribution >= 4 is 21.5 Å². The van der Waals surface area contributed by atoms with Crippen LogP contribution in [0.1, 0.15) is 0 Å². The summed E-state index contributed by atoms with van der Waals surface area (Å²) in [5.74, 6) is -2.80. The normalized spacial score (nSPS) is 11.3. The summed E-state index contributed by atoms with van der Waals surface area (Å²) in [5.41, 5.74) is 0. The van der Waals surface area contributed by atoms with Gasteiger partial charge in [-0.15, -0.1) is 0 Å². The molecule has 0 saturated heterocycles. The van der Waals surface area contributed by atoms with Crippen LogP contribution in [0.15, 0.2) is 36.4 Å². The van der Waals surface area contributed by atoms with E-state index in [1.54, 1.807) is 0 Å². The second kappa shape index (κ2) is 3.70. The van der Waals surface area contributed by atoms with Crippen LogP contribution in [0, 0.1) is 23.3 Å². The van der Waals surface area contributed by atoms with Crippen LogP contribution in [0.25, 0.3) is 21.5 Å². The minimum absolute atomic E-state index is 0.0630. The molecule has 4 heteroatoms. The van der Waals surface area contributed by atoms with E-state index in [9.17, 15) is 17.6 Å². The van der Waals surface area contributed by atoms with Gasteiger partial charge in [-0.3, -0.25) is 0 Å². The molecule has 0 heterocycles. The lowest BCUT2D eigenvalue weighted by Crippen LogP contribution is -1.91. The topological polar surface area (TPSA) is 0 Å². The zero-order valence-corrected chi connectivity index (χ0v) is 8.98. The standard InChI is InChI=1S/C14H6F4/c15-7-1-3-9-11(5-7)14(18)10-4-2-8(16)6-12(10)13(9)17/h1-6H. The Labute approximate surface area is 99.5 Å². The minimum Gasteiger partial charge on any atom is -0.207 e. The maximum Gasteiger partial charge on any atom is 0.139 e. The van der Waals surface area contributed by atoms with Crippen molar-refractivity contribution in [3.05, 3.63) is 59.7 Å². The van der Waals surface area contributed by atoms with Crippen molar-refractivity contribution in [1.82, 2.24) is 0 Å². The van der Waals surface area contributed by atoms with Gasteiger partial charge in [-0.25, -0.2) is 17.6 Å². The average Bonchev–Trinajstić information content (AvgIpc) is 2.36. The molecule has 0 nitrogen and oxygen atoms in total. The molecule has 0 N–H and O–H groups in total. The van der Waals surface area contributed by atoms with Crippen LogP contribution >= 0.6 is 0 Å². The summed E-state index contributed by atoms with van der Waals surface area (Å²) in [7, 11) is 0. The quantitative estimate of drug-likeness (QED) is 0.405. The first kappa shape index (κ1) is 11.0. The Morgan fingerprint density at radius 3 is 1.28 bits per heavy atom. The van der Waals surface area contributed by atoms with Crippen LogP contribution in [-0.2, 0) is 0 Å². The van der Waals surface area contributed by atoms with Crippen LogP contribution in [0.4, 0.5) is 17.6 Å². The van der Waals surface area contributed by atoms with E-state index < -0.39 is 23.3 Å². The lowest BCUT2D eigenvalue weighted by molar-refractivity contribution is 0.614. The van der Waals surface area contributed by atoms with E-state index in [2.05, 4.69) is 0 Å². The Hall–Kier alpha value is -2.10. The van der Waals surface area contributed by atoms with Crippen molar-refractivity contribution < 1.29 is 17.6 Å². The van der Waals surface area contributed by atoms with Gasteiger partial charge in [-0.2, -0.15) is 0 Å². The third-order valence-electron chi connectivity index (χ3n) is 2.91. The first-order valence-corrected chi connectivity index (χ1v) is 5.23. The fraction of sp³-hybridized carbons (Fsp3) is 0. The third kappa shape index (κ3) is 1.45. The van der Waals surface area contributed by atoms with Crippen LogP contribution in [0.2, 0.25) is 0 Å². The van der Waals surface area contributed by atoms with Gasteiger partial charge in [0.2, 0.25) is 0 Å². The third-order valence-corrected chi connectivity index (χ3v) is 2.91. The predicted molar refractivity (Wildman–Crippen MR) is 61.3 cm³/mol. The summed E-state index contributed by atoms with van der Waals surface area (Å²) in [6.45, 7) is 0. The molecule has 0 fully saturated rings. The van der Waals surface area contributed by atoms with E-state index in [0.29, 0.717) is 0 Å². The summed E-state index contributed by atoms with van der Waals surface area (Å²) < 4.78 is 54.3. The number of halogens is 4. The van der Waals surface area contributed by atoms with Gasteiger partial charge in [0.25, 0.3) is 0 Å². The van der Waals surface area contributed by atoms with Gasteiger partial charge in [0.1, 0.15) is 23.3 Å². The Bertz CT molecular complexity index is 710. The number of hydrogen-bond donors (Lipinski definition) is 0. The molecule has 90 valence electrons. The number of fused-ring (bicyclic) bond motifs is 2. The largest absolute Gasteiger partial charge is 0.207 e. The van der Waals surface area contributed by atoms with Gasteiger partial charge >= 0.3 is 0 Å². The highest BCUT2D eigenvalue weighted by molar-refractivity contribution is 5.99. The summed E-state index contributed by atoms with van der Waals surface area (Å²) >= 11 is 0. The van der Waals surface area contributed by atoms with E-state index in [1.807, 2.05) is 0 Å². The molecule has 0 aliphatic heterocycles. The molecular formula is C14H6F4. The SMILES string of the molecule is Fc1ccc2c(F)c3cc(F)ccc3c(F)c2c1. The zero-order valence-electron chi connectivity index (χ0n) is 8.98. The highest BCUT2D eigenvalue weighted by Gasteiger charge is 2.14. The van der Waals surface area contributed by atoms with E-state index in [-0.39, 0.29) is 21.5 Å². The molecular weight excluding hydrogens is 244 g/mol. The van der Waals surface area contributed by atoms with Crippen molar-refractivity contribution in [3.63, 3.8) is 0 Å². The number of benzene rings is 3. The molecule has 0 aromatic heterocycles. The Morgan fingerprint density at radius 2 is 0.889 bits per heavy atom. The second-order valence-electron chi connectivity index (χ2n) is 4.01. The molecule has 0 bridgehead atoms. The van der Waals surface area contributed by atoms with E-state index in [4.69, 9.17) is 0 Å². The van der Waals surface area contributed by atoms with Gasteiger partial charge in [-0.1, -0.05) is 0 Å². The monoisotopic (exact) mass is 250 g/mol. The molecule has 3 rings (SSSR count). The van der Waals surface area contributed by atoms with E-state index in [0.717, 1.165) is 36.4 Å². The fourth-order valence-corrected chi connectivity index (χ4v) is 2.07. The summed E-state index contributed by atoms with van der Waals surface area (Å²) in [6.07, 6.45) is 0. The molecule has 0 saturated carbocycles. The molecule has 3 aromatic rings. The van der Waals surface area contributed by atoms with Crippen molar-refractivity contribution in [1.29, 1.82) is 0 Å². The van der Waals surface area contributed by atoms with Crippen LogP contribution in [-0.4, -0.2) is 0 Å². The first-order chi connectivity index (χ1) is 8.58. The summed E-state index contributed by atoms with van der Waals surface area (Å²) in [6, 6.07) is 6.22. The molecule has 0 amide bonds. The van der Waals surface area contributed by atoms with Gasteiger partial charge < -0.3 is 0 Å². The lowest BCUT2D eigenvalue weighted by Gasteiger charge is -2.07. The maximum atomic E-state index is 14.1. The molecule has 0 aliphatic carbocycles. The van der Waals surface area contributed by atoms with Crippen molar-refractivity contribution in [3.8, 4) is 0 Å². The summed E-state index contributed by atoms with van der Waals surface area (Å²) in [4.78, 5) is 0. The molecule has 0 aliphatic rings. The highest BCUT2D eigenvalue weighted by Crippen LogP contribution is 2.31. The van der Waals surface area contributed by atoms with Crippen LogP contribution in [0.3, 0.4) is 0 Å². The molecule has 18 heavy (non-hydrogen) atoms. The maximum absolute atomic E-state index is 14.1. The van der Waals surface area contributed by atoms with Gasteiger partial charge in [0.05, 0.1) is 0 Å². The smallest absolute Gasteiger partial charge is 0.139 e. The molecule has 0 unspecified atom stereocenters. The Morgan fingerprint density at radius 1 is 0.500 bits per heavy atom. The van der Waals surface area contributed by atoms with Crippen molar-refractivity contribution in [2.24, 2.45) is 0 Å². The zero-order chi connectivity index (χ0) is 12.9. The second-order valence-corrected chi connectivity index (χ2v) is 4.01. The average molecular weight is 250 g/mol. The molecule has 0 atom stereocenters. The minimum atomic E-state index is -0.749. The van der Waals surface area contributed by atoms with Gasteiger partial charge in [-0.05, 0) is 36.4 Å². The predicted octanol–water partition coefficient (Wildman–Crippen LogP) is 4.55. The Balaban J connectivity index is 2.60. The van der Waals surface area contributed by atoms with Crippen molar-refractivity contribution in [2.75, 3.05) is 0 Å². The summed E-state index contributed by atoms with van der Waals surface area (Å²) in [5, 5.41) is -0.419. The van der Waals surface area contributed by atoms with Crippen molar-refractivity contribution in [2.45, 2.75) is 0 Å². The highest BCUT2D eigenvalue weighted by atomic mass is 19.1.